The first-order chi connectivity index (χ1) is 7.13. The fraction of sp³-hybridized carbons (Fsp3) is 0.462. The zero-order chi connectivity index (χ0) is 11.3. The Labute approximate surface area is 96.5 Å². The maximum absolute atomic E-state index is 11.5. The van der Waals surface area contributed by atoms with Gasteiger partial charge in [0, 0.05) is 17.9 Å². The van der Waals surface area contributed by atoms with Crippen molar-refractivity contribution in [2.45, 2.75) is 26.7 Å². The summed E-state index contributed by atoms with van der Waals surface area (Å²) in [5, 5.41) is 0. The van der Waals surface area contributed by atoms with Gasteiger partial charge in [0.25, 0.3) is 0 Å². The number of hydrogen-bond acceptors (Lipinski definition) is 1. The van der Waals surface area contributed by atoms with Crippen LogP contribution in [0.15, 0.2) is 24.3 Å². The third kappa shape index (κ3) is 4.05. The minimum absolute atomic E-state index is 0.126. The molecule has 0 fully saturated rings. The number of hydrogen-bond donors (Lipinski definition) is 0. The summed E-state index contributed by atoms with van der Waals surface area (Å²) in [5.41, 5.74) is 2.05. The lowest BCUT2D eigenvalue weighted by Gasteiger charge is -2.05. The number of alkyl halides is 1. The van der Waals surface area contributed by atoms with Crippen LogP contribution in [0.5, 0.6) is 0 Å². The van der Waals surface area contributed by atoms with Gasteiger partial charge in [0.1, 0.15) is 0 Å². The molecule has 0 aliphatic heterocycles. The van der Waals surface area contributed by atoms with E-state index in [1.54, 1.807) is 0 Å². The first kappa shape index (κ1) is 12.3. The molecule has 0 atom stereocenters. The average Bonchev–Trinajstić information content (AvgIpc) is 2.18. The van der Waals surface area contributed by atoms with Crippen LogP contribution < -0.4 is 0 Å². The molecule has 2 heteroatoms. The van der Waals surface area contributed by atoms with Crippen LogP contribution in [-0.4, -0.2) is 11.7 Å². The molecule has 0 aliphatic carbocycles. The first-order valence-electron chi connectivity index (χ1n) is 5.31. The molecule has 1 rings (SSSR count). The molecule has 0 bridgehead atoms. The van der Waals surface area contributed by atoms with Crippen molar-refractivity contribution in [3.05, 3.63) is 35.4 Å². The molecule has 0 heterocycles. The van der Waals surface area contributed by atoms with E-state index < -0.39 is 0 Å². The van der Waals surface area contributed by atoms with Crippen molar-refractivity contribution in [1.82, 2.24) is 0 Å². The molecule has 0 aliphatic rings. The summed E-state index contributed by atoms with van der Waals surface area (Å²) in [4.78, 5) is 11.5. The number of halogens is 1. The molecule has 82 valence electrons. The maximum atomic E-state index is 11.5. The Bertz CT molecular complexity index is 314. The quantitative estimate of drug-likeness (QED) is 0.551. The predicted octanol–water partition coefficient (Wildman–Crippen LogP) is 3.70. The van der Waals surface area contributed by atoms with Crippen molar-refractivity contribution in [3.8, 4) is 0 Å². The van der Waals surface area contributed by atoms with Gasteiger partial charge in [-0.05, 0) is 17.9 Å². The van der Waals surface area contributed by atoms with Crippen LogP contribution in [-0.2, 0) is 6.42 Å². The van der Waals surface area contributed by atoms with E-state index in [-0.39, 0.29) is 5.78 Å². The molecular weight excluding hydrogens is 208 g/mol. The van der Waals surface area contributed by atoms with E-state index in [0.717, 1.165) is 12.0 Å². The van der Waals surface area contributed by atoms with E-state index in [2.05, 4.69) is 13.8 Å². The summed E-state index contributed by atoms with van der Waals surface area (Å²) in [6, 6.07) is 7.85. The van der Waals surface area contributed by atoms with Gasteiger partial charge in [-0.15, -0.1) is 11.6 Å². The lowest BCUT2D eigenvalue weighted by Crippen LogP contribution is -2.00. The fourth-order valence-electron chi connectivity index (χ4n) is 1.53. The second kappa shape index (κ2) is 5.92. The van der Waals surface area contributed by atoms with Crippen LogP contribution in [0.4, 0.5) is 0 Å². The number of ketones is 1. The van der Waals surface area contributed by atoms with Gasteiger partial charge in [-0.3, -0.25) is 4.79 Å². The van der Waals surface area contributed by atoms with Crippen molar-refractivity contribution in [2.75, 3.05) is 5.88 Å². The lowest BCUT2D eigenvalue weighted by molar-refractivity contribution is 0.0989. The highest BCUT2D eigenvalue weighted by molar-refractivity contribution is 6.19. The maximum Gasteiger partial charge on any atom is 0.164 e. The van der Waals surface area contributed by atoms with E-state index in [9.17, 15) is 4.79 Å². The zero-order valence-corrected chi connectivity index (χ0v) is 10.1. The summed E-state index contributed by atoms with van der Waals surface area (Å²) >= 11 is 5.53. The van der Waals surface area contributed by atoms with E-state index in [1.807, 2.05) is 24.3 Å². The lowest BCUT2D eigenvalue weighted by atomic mass is 10.0. The Morgan fingerprint density at radius 3 is 2.33 bits per heavy atom. The van der Waals surface area contributed by atoms with Crippen molar-refractivity contribution in [3.63, 3.8) is 0 Å². The highest BCUT2D eigenvalue weighted by Crippen LogP contribution is 2.11. The van der Waals surface area contributed by atoms with Crippen LogP contribution in [0.2, 0.25) is 0 Å². The molecular formula is C13H17ClO. The second-order valence-corrected chi connectivity index (χ2v) is 4.54. The Morgan fingerprint density at radius 2 is 1.87 bits per heavy atom. The van der Waals surface area contributed by atoms with Gasteiger partial charge in [-0.25, -0.2) is 0 Å². The normalized spacial score (nSPS) is 10.7. The minimum atomic E-state index is 0.126. The molecule has 0 saturated heterocycles. The molecule has 0 N–H and O–H groups in total. The summed E-state index contributed by atoms with van der Waals surface area (Å²) in [6.07, 6.45) is 1.48. The Morgan fingerprint density at radius 1 is 1.27 bits per heavy atom. The first-order valence-corrected chi connectivity index (χ1v) is 5.85. The van der Waals surface area contributed by atoms with Crippen molar-refractivity contribution >= 4 is 17.4 Å². The number of rotatable bonds is 5. The SMILES string of the molecule is CC(C)Cc1ccc(C(=O)CCCl)cc1. The van der Waals surface area contributed by atoms with E-state index >= 15 is 0 Å². The number of benzene rings is 1. The summed E-state index contributed by atoms with van der Waals surface area (Å²) in [5.74, 6) is 1.17. The topological polar surface area (TPSA) is 17.1 Å². The zero-order valence-electron chi connectivity index (χ0n) is 9.29. The molecule has 0 saturated carbocycles. The van der Waals surface area contributed by atoms with E-state index in [4.69, 9.17) is 11.6 Å². The average molecular weight is 225 g/mol. The number of carbonyl (C=O) groups is 1. The molecule has 0 amide bonds. The molecule has 0 aromatic heterocycles. The van der Waals surface area contributed by atoms with Crippen LogP contribution in [0, 0.1) is 5.92 Å². The summed E-state index contributed by atoms with van der Waals surface area (Å²) in [6.45, 7) is 4.37. The van der Waals surface area contributed by atoms with Gasteiger partial charge in [0.15, 0.2) is 5.78 Å². The smallest absolute Gasteiger partial charge is 0.164 e. The summed E-state index contributed by atoms with van der Waals surface area (Å²) in [7, 11) is 0. The second-order valence-electron chi connectivity index (χ2n) is 4.16. The van der Waals surface area contributed by atoms with Gasteiger partial charge in [0.2, 0.25) is 0 Å². The molecule has 0 spiro atoms. The minimum Gasteiger partial charge on any atom is -0.294 e. The molecule has 1 aromatic rings. The molecule has 0 radical (unpaired) electrons. The van der Waals surface area contributed by atoms with E-state index in [1.165, 1.54) is 5.56 Å². The Balaban J connectivity index is 2.67. The van der Waals surface area contributed by atoms with Crippen LogP contribution >= 0.6 is 11.6 Å². The number of carbonyl (C=O) groups excluding carboxylic acids is 1. The molecule has 1 aromatic carbocycles. The van der Waals surface area contributed by atoms with Crippen molar-refractivity contribution in [2.24, 2.45) is 5.92 Å². The van der Waals surface area contributed by atoms with Gasteiger partial charge in [0.05, 0.1) is 0 Å². The predicted molar refractivity (Wildman–Crippen MR) is 64.7 cm³/mol. The number of Topliss-reactive ketones (excluding diaryl/α,β-unsaturated/α-hetero) is 1. The largest absolute Gasteiger partial charge is 0.294 e. The monoisotopic (exact) mass is 224 g/mol. The third-order valence-corrected chi connectivity index (χ3v) is 2.43. The highest BCUT2D eigenvalue weighted by Gasteiger charge is 2.04. The Kier molecular flexibility index (Phi) is 4.83. The van der Waals surface area contributed by atoms with Gasteiger partial charge >= 0.3 is 0 Å². The van der Waals surface area contributed by atoms with Gasteiger partial charge < -0.3 is 0 Å². The molecule has 15 heavy (non-hydrogen) atoms. The van der Waals surface area contributed by atoms with Gasteiger partial charge in [-0.2, -0.15) is 0 Å². The van der Waals surface area contributed by atoms with Crippen molar-refractivity contribution < 1.29 is 4.79 Å². The molecule has 0 unspecified atom stereocenters. The van der Waals surface area contributed by atoms with Crippen LogP contribution in [0.25, 0.3) is 0 Å². The fourth-order valence-corrected chi connectivity index (χ4v) is 1.70. The van der Waals surface area contributed by atoms with E-state index in [0.29, 0.717) is 18.2 Å². The van der Waals surface area contributed by atoms with Gasteiger partial charge in [-0.1, -0.05) is 38.1 Å². The molecule has 1 nitrogen and oxygen atoms in total. The standard InChI is InChI=1S/C13H17ClO/c1-10(2)9-11-3-5-12(6-4-11)13(15)7-8-14/h3-6,10H,7-9H2,1-2H3. The van der Waals surface area contributed by atoms with Crippen LogP contribution in [0.1, 0.15) is 36.2 Å². The highest BCUT2D eigenvalue weighted by atomic mass is 35.5. The Hall–Kier alpha value is -0.820. The van der Waals surface area contributed by atoms with Crippen LogP contribution in [0.3, 0.4) is 0 Å². The van der Waals surface area contributed by atoms with Crippen molar-refractivity contribution in [1.29, 1.82) is 0 Å². The summed E-state index contributed by atoms with van der Waals surface area (Å²) < 4.78 is 0. The third-order valence-electron chi connectivity index (χ3n) is 2.24.